The third kappa shape index (κ3) is 2.96. The van der Waals surface area contributed by atoms with Crippen LogP contribution < -0.4 is 5.32 Å². The maximum absolute atomic E-state index is 3.44. The van der Waals surface area contributed by atoms with E-state index in [0.717, 1.165) is 17.8 Å². The summed E-state index contributed by atoms with van der Waals surface area (Å²) >= 11 is 0. The Morgan fingerprint density at radius 2 is 2.21 bits per heavy atom. The average molecular weight is 196 g/mol. The molecule has 0 aromatic heterocycles. The van der Waals surface area contributed by atoms with Crippen LogP contribution in [-0.2, 0) is 0 Å². The fourth-order valence-electron chi connectivity index (χ4n) is 2.51. The molecule has 14 heavy (non-hydrogen) atoms. The highest BCUT2D eigenvalue weighted by Gasteiger charge is 2.33. The number of nitrogens with zero attached hydrogens (tertiary/aromatic N) is 1. The summed E-state index contributed by atoms with van der Waals surface area (Å²) in [4.78, 5) is 2.53. The molecule has 2 aliphatic rings. The second-order valence-electron chi connectivity index (χ2n) is 5.38. The van der Waals surface area contributed by atoms with E-state index in [0.29, 0.717) is 0 Å². The van der Waals surface area contributed by atoms with Gasteiger partial charge in [-0.1, -0.05) is 6.92 Å². The molecular weight excluding hydrogens is 172 g/mol. The quantitative estimate of drug-likeness (QED) is 0.718. The van der Waals surface area contributed by atoms with Crippen LogP contribution in [0.5, 0.6) is 0 Å². The Balaban J connectivity index is 1.55. The maximum atomic E-state index is 3.44. The molecule has 2 heteroatoms. The highest BCUT2D eigenvalue weighted by Crippen LogP contribution is 2.37. The third-order valence-electron chi connectivity index (χ3n) is 3.90. The van der Waals surface area contributed by atoms with Crippen molar-refractivity contribution >= 4 is 0 Å². The third-order valence-corrected chi connectivity index (χ3v) is 3.90. The van der Waals surface area contributed by atoms with Crippen molar-refractivity contribution in [1.82, 2.24) is 10.2 Å². The van der Waals surface area contributed by atoms with E-state index in [-0.39, 0.29) is 0 Å². The maximum Gasteiger partial charge on any atom is 0.000926 e. The van der Waals surface area contributed by atoms with E-state index >= 15 is 0 Å². The van der Waals surface area contributed by atoms with Crippen LogP contribution in [0.15, 0.2) is 0 Å². The molecule has 2 rings (SSSR count). The lowest BCUT2D eigenvalue weighted by Crippen LogP contribution is -2.25. The van der Waals surface area contributed by atoms with Crippen molar-refractivity contribution in [2.45, 2.75) is 26.2 Å². The van der Waals surface area contributed by atoms with Crippen molar-refractivity contribution in [1.29, 1.82) is 0 Å². The Kier molecular flexibility index (Phi) is 3.45. The second-order valence-corrected chi connectivity index (χ2v) is 5.38. The van der Waals surface area contributed by atoms with E-state index in [1.807, 2.05) is 0 Å². The van der Waals surface area contributed by atoms with E-state index in [1.165, 1.54) is 45.4 Å². The van der Waals surface area contributed by atoms with Gasteiger partial charge < -0.3 is 10.2 Å². The molecule has 1 N–H and O–H groups in total. The molecule has 2 fully saturated rings. The average Bonchev–Trinajstić information content (AvgIpc) is 2.71. The minimum atomic E-state index is 0.953. The minimum Gasteiger partial charge on any atom is -0.316 e. The molecule has 3 atom stereocenters. The molecule has 1 saturated heterocycles. The Labute approximate surface area is 88.1 Å². The summed E-state index contributed by atoms with van der Waals surface area (Å²) in [6.07, 6.45) is 4.26. The SMILES string of the molecule is CC1CC1CN(C)CCC1CCNC1. The first-order valence-corrected chi connectivity index (χ1v) is 6.15. The van der Waals surface area contributed by atoms with Gasteiger partial charge in [0.1, 0.15) is 0 Å². The highest BCUT2D eigenvalue weighted by molar-refractivity contribution is 4.84. The van der Waals surface area contributed by atoms with Crippen LogP contribution in [0.25, 0.3) is 0 Å². The summed E-state index contributed by atoms with van der Waals surface area (Å²) in [5.74, 6) is 2.97. The zero-order valence-corrected chi connectivity index (χ0v) is 9.63. The standard InChI is InChI=1S/C12H24N2/c1-10-7-12(10)9-14(2)6-4-11-3-5-13-8-11/h10-13H,3-9H2,1-2H3. The van der Waals surface area contributed by atoms with Gasteiger partial charge in [-0.05, 0) is 63.7 Å². The molecule has 0 radical (unpaired) electrons. The lowest BCUT2D eigenvalue weighted by Gasteiger charge is -2.18. The van der Waals surface area contributed by atoms with Gasteiger partial charge in [0.05, 0.1) is 0 Å². The van der Waals surface area contributed by atoms with Gasteiger partial charge in [-0.3, -0.25) is 0 Å². The van der Waals surface area contributed by atoms with E-state index in [4.69, 9.17) is 0 Å². The van der Waals surface area contributed by atoms with Gasteiger partial charge in [0.25, 0.3) is 0 Å². The molecule has 3 unspecified atom stereocenters. The molecule has 1 heterocycles. The van der Waals surface area contributed by atoms with Gasteiger partial charge in [-0.25, -0.2) is 0 Å². The summed E-state index contributed by atoms with van der Waals surface area (Å²) in [5.41, 5.74) is 0. The highest BCUT2D eigenvalue weighted by atomic mass is 15.1. The zero-order valence-electron chi connectivity index (χ0n) is 9.63. The van der Waals surface area contributed by atoms with Crippen molar-refractivity contribution in [3.63, 3.8) is 0 Å². The summed E-state index contributed by atoms with van der Waals surface area (Å²) in [7, 11) is 2.29. The zero-order chi connectivity index (χ0) is 9.97. The van der Waals surface area contributed by atoms with Gasteiger partial charge >= 0.3 is 0 Å². The first-order valence-electron chi connectivity index (χ1n) is 6.15. The van der Waals surface area contributed by atoms with Crippen LogP contribution in [0.2, 0.25) is 0 Å². The molecule has 1 aliphatic carbocycles. The van der Waals surface area contributed by atoms with Crippen molar-refractivity contribution < 1.29 is 0 Å². The molecule has 2 nitrogen and oxygen atoms in total. The van der Waals surface area contributed by atoms with E-state index in [9.17, 15) is 0 Å². The summed E-state index contributed by atoms with van der Waals surface area (Å²) < 4.78 is 0. The molecule has 1 aliphatic heterocycles. The molecule has 0 aromatic rings. The Hall–Kier alpha value is -0.0800. The van der Waals surface area contributed by atoms with Crippen molar-refractivity contribution in [3.8, 4) is 0 Å². The Bertz CT molecular complexity index is 175. The number of hydrogen-bond donors (Lipinski definition) is 1. The van der Waals surface area contributed by atoms with Crippen LogP contribution in [0.4, 0.5) is 0 Å². The summed E-state index contributed by atoms with van der Waals surface area (Å²) in [6.45, 7) is 7.51. The normalized spacial score (nSPS) is 36.6. The van der Waals surface area contributed by atoms with E-state index in [2.05, 4.69) is 24.2 Å². The van der Waals surface area contributed by atoms with Gasteiger partial charge in [-0.15, -0.1) is 0 Å². The Morgan fingerprint density at radius 1 is 1.43 bits per heavy atom. The van der Waals surface area contributed by atoms with Gasteiger partial charge in [0.15, 0.2) is 0 Å². The molecular formula is C12H24N2. The first-order chi connectivity index (χ1) is 6.75. The van der Waals surface area contributed by atoms with Gasteiger partial charge in [0.2, 0.25) is 0 Å². The lowest BCUT2D eigenvalue weighted by atomic mass is 10.1. The minimum absolute atomic E-state index is 0.953. The molecule has 82 valence electrons. The molecule has 0 aromatic carbocycles. The van der Waals surface area contributed by atoms with Crippen LogP contribution in [-0.4, -0.2) is 38.1 Å². The predicted molar refractivity (Wildman–Crippen MR) is 60.4 cm³/mol. The van der Waals surface area contributed by atoms with Crippen molar-refractivity contribution in [3.05, 3.63) is 0 Å². The van der Waals surface area contributed by atoms with Crippen LogP contribution in [0.3, 0.4) is 0 Å². The second kappa shape index (κ2) is 4.63. The topological polar surface area (TPSA) is 15.3 Å². The number of hydrogen-bond acceptors (Lipinski definition) is 2. The smallest absolute Gasteiger partial charge is 0.000926 e. The van der Waals surface area contributed by atoms with Crippen molar-refractivity contribution in [2.24, 2.45) is 17.8 Å². The summed E-state index contributed by atoms with van der Waals surface area (Å²) in [6, 6.07) is 0. The number of nitrogens with one attached hydrogen (secondary N) is 1. The van der Waals surface area contributed by atoms with E-state index < -0.39 is 0 Å². The van der Waals surface area contributed by atoms with Crippen LogP contribution in [0, 0.1) is 17.8 Å². The fourth-order valence-corrected chi connectivity index (χ4v) is 2.51. The van der Waals surface area contributed by atoms with Crippen molar-refractivity contribution in [2.75, 3.05) is 33.2 Å². The first kappa shape index (κ1) is 10.4. The van der Waals surface area contributed by atoms with Gasteiger partial charge in [0, 0.05) is 6.54 Å². The predicted octanol–water partition coefficient (Wildman–Crippen LogP) is 1.57. The molecule has 1 saturated carbocycles. The fraction of sp³-hybridized carbons (Fsp3) is 1.00. The van der Waals surface area contributed by atoms with Crippen LogP contribution in [0.1, 0.15) is 26.2 Å². The van der Waals surface area contributed by atoms with Crippen LogP contribution >= 0.6 is 0 Å². The largest absolute Gasteiger partial charge is 0.316 e. The molecule has 0 amide bonds. The molecule has 0 bridgehead atoms. The number of rotatable bonds is 5. The Morgan fingerprint density at radius 3 is 2.79 bits per heavy atom. The monoisotopic (exact) mass is 196 g/mol. The van der Waals surface area contributed by atoms with Gasteiger partial charge in [-0.2, -0.15) is 0 Å². The summed E-state index contributed by atoms with van der Waals surface area (Å²) in [5, 5.41) is 3.44. The van der Waals surface area contributed by atoms with E-state index in [1.54, 1.807) is 0 Å². The lowest BCUT2D eigenvalue weighted by molar-refractivity contribution is 0.290. The molecule has 0 spiro atoms.